The molecule has 16 N–H and O–H groups in total. The number of alkyl halides is 12. The number of anilines is 8. The maximum Gasteiger partial charge on any atom is 0.417 e. The van der Waals surface area contributed by atoms with Crippen LogP contribution >= 0.6 is 11.6 Å². The molecule has 12 heterocycles. The van der Waals surface area contributed by atoms with Gasteiger partial charge in [-0.05, 0) is 148 Å². The number of methoxy groups -OCH3 is 1. The third kappa shape index (κ3) is 16.6. The molecule has 1 fully saturated rings. The SMILES string of the molecule is COCc1cc(Nc2nc(-c3ccc4[nH][nH]c(=O)c4c3C(F)(F)F)nc3ccccc23)n[nH]1.O=c1[nH][nH]c2ccc(-c3nc(Nc4cc(C5CC5)[nH]n4)c4ccccc4n3)c(C(F)(F)F)c12.O=c1[nH][nH]c2ccc(-c3nc(Nc4n[nH]c5c4CCCC5)c4ccccc4n3)c(C(F)(F)F)c12.O=c1[nH][nH]c2ccc(-c3nc(Nc4n[nH]c5cccc(Cl)c45)c4ccccc4n3)c(C(F)(F)F)c12. The molecule has 0 amide bonds. The van der Waals surface area contributed by atoms with Crippen molar-refractivity contribution in [2.75, 3.05) is 28.4 Å². The van der Waals surface area contributed by atoms with Gasteiger partial charge < -0.3 is 26.0 Å². The summed E-state index contributed by atoms with van der Waals surface area (Å²) in [6, 6.07) is 47.3. The number of aromatic amines is 12. The second-order valence-electron chi connectivity index (χ2n) is 31.3. The van der Waals surface area contributed by atoms with Gasteiger partial charge in [0.15, 0.2) is 46.6 Å². The van der Waals surface area contributed by atoms with Gasteiger partial charge in [-0.15, -0.1) is 0 Å². The summed E-state index contributed by atoms with van der Waals surface area (Å²) >= 11 is 6.35. The number of aromatic nitrogens is 24. The quantitative estimate of drug-likeness (QED) is 0.0424. The molecule has 0 spiro atoms. The Balaban J connectivity index is 0.000000112. The Morgan fingerprint density at radius 2 is 0.719 bits per heavy atom. The van der Waals surface area contributed by atoms with Gasteiger partial charge in [0.1, 0.15) is 23.3 Å². The lowest BCUT2D eigenvalue weighted by atomic mass is 9.97. The molecular formula is C89H63ClF12N28O5. The summed E-state index contributed by atoms with van der Waals surface area (Å²) in [4.78, 5) is 84.0. The third-order valence-corrected chi connectivity index (χ3v) is 22.9. The van der Waals surface area contributed by atoms with Gasteiger partial charge in [0.2, 0.25) is 0 Å². The first-order valence-corrected chi connectivity index (χ1v) is 41.5. The summed E-state index contributed by atoms with van der Waals surface area (Å²) in [7, 11) is 1.54. The van der Waals surface area contributed by atoms with Crippen molar-refractivity contribution in [3.8, 4) is 45.6 Å². The molecule has 0 bridgehead atoms. The van der Waals surface area contributed by atoms with E-state index in [1.807, 2.05) is 12.1 Å². The van der Waals surface area contributed by atoms with E-state index < -0.39 is 90.7 Å². The number of para-hydroxylation sites is 4. The van der Waals surface area contributed by atoms with Gasteiger partial charge in [0.25, 0.3) is 22.2 Å². The summed E-state index contributed by atoms with van der Waals surface area (Å²) in [5, 5.41) is 61.4. The molecule has 0 aliphatic heterocycles. The first kappa shape index (κ1) is 86.2. The Hall–Kier alpha value is -16.9. The van der Waals surface area contributed by atoms with Crippen molar-refractivity contribution in [3.05, 3.63) is 267 Å². The van der Waals surface area contributed by atoms with Crippen molar-refractivity contribution < 1.29 is 57.4 Å². The Bertz CT molecular complexity index is 8500. The fourth-order valence-corrected chi connectivity index (χ4v) is 16.7. The Morgan fingerprint density at radius 1 is 0.356 bits per heavy atom. The van der Waals surface area contributed by atoms with Gasteiger partial charge in [-0.25, -0.2) is 39.9 Å². The van der Waals surface area contributed by atoms with E-state index in [0.717, 1.165) is 55.5 Å². The molecule has 0 unspecified atom stereocenters. The number of rotatable bonds is 15. The number of H-pyrrole nitrogens is 12. The van der Waals surface area contributed by atoms with Gasteiger partial charge in [-0.1, -0.05) is 66.2 Å². The maximum absolute atomic E-state index is 14.2. The average molecular weight is 1870 g/mol. The van der Waals surface area contributed by atoms with Crippen LogP contribution in [0.1, 0.15) is 76.5 Å². The lowest BCUT2D eigenvalue weighted by Crippen LogP contribution is -2.13. The van der Waals surface area contributed by atoms with Gasteiger partial charge in [0, 0.05) is 85.9 Å². The highest BCUT2D eigenvalue weighted by Crippen LogP contribution is 2.48. The normalized spacial score (nSPS) is 13.1. The summed E-state index contributed by atoms with van der Waals surface area (Å²) < 4.78 is 175. The topological polar surface area (TPSA) is 470 Å². The predicted octanol–water partition coefficient (Wildman–Crippen LogP) is 19.5. The smallest absolute Gasteiger partial charge is 0.378 e. The zero-order valence-corrected chi connectivity index (χ0v) is 69.8. The fraction of sp³-hybridized carbons (Fsp3) is 0.146. The summed E-state index contributed by atoms with van der Waals surface area (Å²) in [6.07, 6.45) is -13.2. The number of ether oxygens (including phenoxy) is 1. The van der Waals surface area contributed by atoms with Crippen LogP contribution in [0, 0.1) is 0 Å². The minimum absolute atomic E-state index is 0.0304. The predicted molar refractivity (Wildman–Crippen MR) is 479 cm³/mol. The van der Waals surface area contributed by atoms with E-state index in [2.05, 4.69) is 143 Å². The van der Waals surface area contributed by atoms with E-state index in [1.165, 1.54) is 48.5 Å². The van der Waals surface area contributed by atoms with Gasteiger partial charge in [-0.3, -0.25) is 80.4 Å². The Morgan fingerprint density at radius 3 is 1.11 bits per heavy atom. The van der Waals surface area contributed by atoms with Crippen molar-refractivity contribution in [2.24, 2.45) is 0 Å². The molecule has 0 saturated heterocycles. The number of nitrogens with one attached hydrogen (secondary N) is 16. The molecule has 0 atom stereocenters. The van der Waals surface area contributed by atoms with E-state index in [9.17, 15) is 71.9 Å². The van der Waals surface area contributed by atoms with E-state index >= 15 is 0 Å². The van der Waals surface area contributed by atoms with Crippen LogP contribution in [-0.4, -0.2) is 129 Å². The molecule has 680 valence electrons. The second kappa shape index (κ2) is 33.8. The highest BCUT2D eigenvalue weighted by molar-refractivity contribution is 6.36. The van der Waals surface area contributed by atoms with E-state index in [4.69, 9.17) is 16.3 Å². The largest absolute Gasteiger partial charge is 0.417 e. The summed E-state index contributed by atoms with van der Waals surface area (Å²) in [5.41, 5.74) is -2.60. The van der Waals surface area contributed by atoms with Crippen LogP contribution in [0.15, 0.2) is 195 Å². The number of hydrogen-bond donors (Lipinski definition) is 16. The van der Waals surface area contributed by atoms with Crippen LogP contribution in [0.4, 0.5) is 99.2 Å². The van der Waals surface area contributed by atoms with E-state index in [0.29, 0.717) is 113 Å². The van der Waals surface area contributed by atoms with Crippen molar-refractivity contribution in [1.29, 1.82) is 0 Å². The minimum atomic E-state index is -4.83. The van der Waals surface area contributed by atoms with Gasteiger partial charge >= 0.3 is 24.7 Å². The number of hydrogen-bond acceptors (Lipinski definition) is 21. The monoisotopic (exact) mass is 1870 g/mol. The number of benzene rings is 9. The lowest BCUT2D eigenvalue weighted by molar-refractivity contribution is -0.136. The fourth-order valence-electron chi connectivity index (χ4n) is 16.4. The molecule has 1 saturated carbocycles. The molecular weight excluding hydrogens is 1800 g/mol. The molecule has 2 aliphatic rings. The van der Waals surface area contributed by atoms with Gasteiger partial charge in [-0.2, -0.15) is 73.1 Å². The van der Waals surface area contributed by atoms with Crippen LogP contribution in [0.2, 0.25) is 5.02 Å². The first-order valence-electron chi connectivity index (χ1n) is 41.1. The molecule has 2 aliphatic carbocycles. The van der Waals surface area contributed by atoms with Gasteiger partial charge in [0.05, 0.1) is 116 Å². The Labute approximate surface area is 748 Å². The van der Waals surface area contributed by atoms with Crippen molar-refractivity contribution in [3.63, 3.8) is 0 Å². The molecule has 21 aromatic rings. The standard InChI is InChI=1S/C23H13ClF3N7O.C23H18F3N7O.C22H16F3N7O.C21H16F3N7O2/c24-12-5-3-7-14-16(12)21(33-31-14)30-19-10-4-1-2-6-13(10)28-20(29-19)11-8-9-15-17(22(35)34-32-15)18(11)23(25,26)27;24-23(25,26)18-13(9-10-16-17(18)22(34)33-31-16)20-27-14-7-3-1-5-11(14)19(28-20)29-21-12-6-2-4-8-15(12)30-32-21;23-22(24,25)18-12(7-8-14-17(18)21(33)32-29-14)20-26-13-4-2-1-3-11(13)19(28-20)27-16-9-15(30-31-16)10-5-6-10;1-33-9-10-8-15(30-28-10)26-18-11-4-2-3-5-13(11)25-19(27-18)12-6-7-14-16(20(32)31-29-14)17(12)21(22,23)24/h1-9H,(H2,32,34,35)(H2,28,29,30,31,33);1,3,5,7,9-10H,2,4,6,8H2,(H2,31,33,34)(H2,27,28,29,30,32);1-4,7-10H,5-6H2,(H2,29,32,33)(H2,26,27,28,30,31);2-8H,9H2,1H3,(H2,29,31,32)(H2,25,26,27,28,30). The van der Waals surface area contributed by atoms with Crippen LogP contribution in [0.3, 0.4) is 0 Å². The number of nitrogens with zero attached hydrogens (tertiary/aromatic N) is 12. The van der Waals surface area contributed by atoms with Crippen molar-refractivity contribution >= 4 is 156 Å². The number of fused-ring (bicyclic) bond motifs is 10. The average Bonchev–Trinajstić information content (AvgIpc) is 1.73. The van der Waals surface area contributed by atoms with E-state index in [-0.39, 0.29) is 79.3 Å². The van der Waals surface area contributed by atoms with Crippen LogP contribution < -0.4 is 43.5 Å². The minimum Gasteiger partial charge on any atom is -0.378 e. The molecule has 135 heavy (non-hydrogen) atoms. The second-order valence-corrected chi connectivity index (χ2v) is 31.7. The maximum atomic E-state index is 14.2. The molecule has 12 aromatic heterocycles. The molecule has 33 nitrogen and oxygen atoms in total. The first-order chi connectivity index (χ1) is 64.9. The summed E-state index contributed by atoms with van der Waals surface area (Å²) in [5.74, 6) is 2.84. The number of halogens is 13. The molecule has 46 heteroatoms. The van der Waals surface area contributed by atoms with Crippen molar-refractivity contribution in [2.45, 2.75) is 75.8 Å². The Kier molecular flexibility index (Phi) is 21.6. The number of aryl methyl sites for hydroxylation is 1. The highest BCUT2D eigenvalue weighted by atomic mass is 35.5. The van der Waals surface area contributed by atoms with Crippen LogP contribution in [0.5, 0.6) is 0 Å². The third-order valence-electron chi connectivity index (χ3n) is 22.6. The van der Waals surface area contributed by atoms with Crippen LogP contribution in [-0.2, 0) is 48.9 Å². The molecule has 23 rings (SSSR count). The lowest BCUT2D eigenvalue weighted by Gasteiger charge is -2.16. The summed E-state index contributed by atoms with van der Waals surface area (Å²) in [6.45, 7) is 0.310. The van der Waals surface area contributed by atoms with Crippen LogP contribution in [0.25, 0.3) is 144 Å². The molecule has 0 radical (unpaired) electrons. The zero-order valence-electron chi connectivity index (χ0n) is 69.1. The van der Waals surface area contributed by atoms with Crippen molar-refractivity contribution in [1.82, 2.24) is 121 Å². The highest BCUT2D eigenvalue weighted by Gasteiger charge is 2.43. The van der Waals surface area contributed by atoms with E-state index in [1.54, 1.807) is 122 Å². The molecule has 9 aromatic carbocycles. The zero-order chi connectivity index (χ0) is 93.7.